The van der Waals surface area contributed by atoms with E-state index >= 15 is 0 Å². The van der Waals surface area contributed by atoms with E-state index in [0.29, 0.717) is 0 Å². The minimum absolute atomic E-state index is 0.121. The fourth-order valence-corrected chi connectivity index (χ4v) is 1.79. The maximum absolute atomic E-state index is 11.8. The van der Waals surface area contributed by atoms with E-state index < -0.39 is 5.97 Å². The molecule has 2 aromatic rings. The van der Waals surface area contributed by atoms with Gasteiger partial charge in [0.2, 0.25) is 5.91 Å². The van der Waals surface area contributed by atoms with Gasteiger partial charge in [0.15, 0.2) is 0 Å². The Morgan fingerprint density at radius 1 is 1.50 bits per heavy atom. The number of esters is 1. The van der Waals surface area contributed by atoms with Crippen molar-refractivity contribution in [1.82, 2.24) is 15.3 Å². The van der Waals surface area contributed by atoms with Gasteiger partial charge in [-0.05, 0) is 17.7 Å². The first-order chi connectivity index (χ1) is 9.70. The number of ether oxygens (including phenoxy) is 1. The first-order valence-corrected chi connectivity index (χ1v) is 6.13. The van der Waals surface area contributed by atoms with E-state index in [2.05, 4.69) is 20.0 Å². The number of methoxy groups -OCH3 is 1. The topological polar surface area (TPSA) is 84.1 Å². The van der Waals surface area contributed by atoms with Crippen molar-refractivity contribution in [2.75, 3.05) is 13.7 Å². The first kappa shape index (κ1) is 13.8. The number of rotatable bonds is 5. The highest BCUT2D eigenvalue weighted by Gasteiger charge is 2.08. The third-order valence-electron chi connectivity index (χ3n) is 2.76. The molecule has 0 aliphatic carbocycles. The lowest BCUT2D eigenvalue weighted by Gasteiger charge is -2.01. The Morgan fingerprint density at radius 3 is 3.15 bits per heavy atom. The molecule has 0 aliphatic heterocycles. The first-order valence-electron chi connectivity index (χ1n) is 6.13. The minimum atomic E-state index is -0.443. The van der Waals surface area contributed by atoms with Crippen molar-refractivity contribution in [3.05, 3.63) is 42.2 Å². The molecule has 0 fully saturated rings. The number of pyridine rings is 1. The minimum Gasteiger partial charge on any atom is -0.466 e. The average Bonchev–Trinajstić information content (AvgIpc) is 2.86. The second kappa shape index (κ2) is 6.51. The third kappa shape index (κ3) is 3.44. The number of hydrogen-bond donors (Lipinski definition) is 2. The smallest absolute Gasteiger partial charge is 0.330 e. The SMILES string of the molecule is COC(=O)/C=C/CNC(=O)Cc1c[nH]c2ncccc12. The molecular weight excluding hydrogens is 258 g/mol. The molecule has 2 rings (SSSR count). The Kier molecular flexibility index (Phi) is 4.49. The summed E-state index contributed by atoms with van der Waals surface area (Å²) < 4.78 is 4.44. The summed E-state index contributed by atoms with van der Waals surface area (Å²) in [5.41, 5.74) is 1.66. The highest BCUT2D eigenvalue weighted by atomic mass is 16.5. The number of aromatic nitrogens is 2. The Labute approximate surface area is 115 Å². The van der Waals surface area contributed by atoms with E-state index in [-0.39, 0.29) is 18.9 Å². The molecule has 0 saturated heterocycles. The molecule has 0 radical (unpaired) electrons. The number of carbonyl (C=O) groups excluding carboxylic acids is 2. The van der Waals surface area contributed by atoms with Gasteiger partial charge < -0.3 is 15.0 Å². The summed E-state index contributed by atoms with van der Waals surface area (Å²) in [6.45, 7) is 0.286. The molecule has 2 heterocycles. The number of carbonyl (C=O) groups is 2. The van der Waals surface area contributed by atoms with Crippen LogP contribution in [0.15, 0.2) is 36.7 Å². The van der Waals surface area contributed by atoms with E-state index in [0.717, 1.165) is 16.6 Å². The fraction of sp³-hybridized carbons (Fsp3) is 0.214. The van der Waals surface area contributed by atoms with Gasteiger partial charge in [-0.1, -0.05) is 6.08 Å². The number of fused-ring (bicyclic) bond motifs is 1. The van der Waals surface area contributed by atoms with Crippen molar-refractivity contribution in [2.24, 2.45) is 0 Å². The van der Waals surface area contributed by atoms with Crippen LogP contribution in [0.2, 0.25) is 0 Å². The highest BCUT2D eigenvalue weighted by molar-refractivity contribution is 5.87. The van der Waals surface area contributed by atoms with E-state index in [1.165, 1.54) is 13.2 Å². The molecule has 0 aliphatic rings. The Hall–Kier alpha value is -2.63. The largest absolute Gasteiger partial charge is 0.466 e. The number of amides is 1. The summed E-state index contributed by atoms with van der Waals surface area (Å²) in [7, 11) is 1.30. The monoisotopic (exact) mass is 273 g/mol. The van der Waals surface area contributed by atoms with Crippen LogP contribution in [0.3, 0.4) is 0 Å². The predicted octanol–water partition coefficient (Wildman–Crippen LogP) is 0.951. The summed E-state index contributed by atoms with van der Waals surface area (Å²) in [4.78, 5) is 29.8. The van der Waals surface area contributed by atoms with Gasteiger partial charge in [0, 0.05) is 30.4 Å². The third-order valence-corrected chi connectivity index (χ3v) is 2.76. The van der Waals surface area contributed by atoms with Crippen molar-refractivity contribution in [3.63, 3.8) is 0 Å². The average molecular weight is 273 g/mol. The molecule has 20 heavy (non-hydrogen) atoms. The van der Waals surface area contributed by atoms with Crippen LogP contribution in [-0.2, 0) is 20.7 Å². The van der Waals surface area contributed by atoms with Gasteiger partial charge in [-0.15, -0.1) is 0 Å². The Balaban J connectivity index is 1.89. The van der Waals surface area contributed by atoms with Crippen molar-refractivity contribution in [3.8, 4) is 0 Å². The molecule has 6 heteroatoms. The number of nitrogens with zero attached hydrogens (tertiary/aromatic N) is 1. The van der Waals surface area contributed by atoms with Gasteiger partial charge in [0.05, 0.1) is 13.5 Å². The molecule has 0 atom stereocenters. The van der Waals surface area contributed by atoms with Crippen molar-refractivity contribution < 1.29 is 14.3 Å². The molecule has 104 valence electrons. The van der Waals surface area contributed by atoms with Gasteiger partial charge in [0.25, 0.3) is 0 Å². The van der Waals surface area contributed by atoms with Crippen molar-refractivity contribution in [2.45, 2.75) is 6.42 Å². The second-order valence-electron chi connectivity index (χ2n) is 4.12. The standard InChI is InChI=1S/C14H15N3O3/c1-20-13(19)5-3-6-15-12(18)8-10-9-17-14-11(10)4-2-7-16-14/h2-5,7,9H,6,8H2,1H3,(H,15,18)(H,16,17)/b5-3+. The molecule has 6 nitrogen and oxygen atoms in total. The number of nitrogens with one attached hydrogen (secondary N) is 2. The zero-order valence-corrected chi connectivity index (χ0v) is 11.1. The van der Waals surface area contributed by atoms with Crippen molar-refractivity contribution >= 4 is 22.9 Å². The summed E-state index contributed by atoms with van der Waals surface area (Å²) in [6, 6.07) is 3.75. The van der Waals surface area contributed by atoms with Crippen LogP contribution in [-0.4, -0.2) is 35.5 Å². The molecule has 0 bridgehead atoms. The van der Waals surface area contributed by atoms with Gasteiger partial charge in [0.1, 0.15) is 5.65 Å². The molecule has 1 amide bonds. The van der Waals surface area contributed by atoms with E-state index in [4.69, 9.17) is 0 Å². The maximum Gasteiger partial charge on any atom is 0.330 e. The molecule has 0 spiro atoms. The number of H-pyrrole nitrogens is 1. The van der Waals surface area contributed by atoms with Crippen LogP contribution >= 0.6 is 0 Å². The summed E-state index contributed by atoms with van der Waals surface area (Å²) >= 11 is 0. The van der Waals surface area contributed by atoms with E-state index in [1.807, 2.05) is 12.1 Å². The molecular formula is C14H15N3O3. The molecule has 0 aromatic carbocycles. The van der Waals surface area contributed by atoms with Crippen LogP contribution < -0.4 is 5.32 Å². The lowest BCUT2D eigenvalue weighted by atomic mass is 10.1. The second-order valence-corrected chi connectivity index (χ2v) is 4.12. The zero-order valence-electron chi connectivity index (χ0n) is 11.1. The van der Waals surface area contributed by atoms with Crippen molar-refractivity contribution in [1.29, 1.82) is 0 Å². The Bertz CT molecular complexity index is 646. The summed E-state index contributed by atoms with van der Waals surface area (Å²) in [5, 5.41) is 3.64. The van der Waals surface area contributed by atoms with Gasteiger partial charge in [-0.3, -0.25) is 4.79 Å². The molecule has 2 aromatic heterocycles. The van der Waals surface area contributed by atoms with E-state index in [9.17, 15) is 9.59 Å². The zero-order chi connectivity index (χ0) is 14.4. The molecule has 0 saturated carbocycles. The van der Waals surface area contributed by atoms with Crippen LogP contribution in [0, 0.1) is 0 Å². The van der Waals surface area contributed by atoms with Crippen LogP contribution in [0.25, 0.3) is 11.0 Å². The number of aromatic amines is 1. The lowest BCUT2D eigenvalue weighted by Crippen LogP contribution is -2.25. The molecule has 0 unspecified atom stereocenters. The highest BCUT2D eigenvalue weighted by Crippen LogP contribution is 2.15. The number of hydrogen-bond acceptors (Lipinski definition) is 4. The van der Waals surface area contributed by atoms with Crippen LogP contribution in [0.5, 0.6) is 0 Å². The summed E-state index contributed by atoms with van der Waals surface area (Å²) in [6.07, 6.45) is 6.55. The van der Waals surface area contributed by atoms with Gasteiger partial charge in [-0.25, -0.2) is 9.78 Å². The normalized spacial score (nSPS) is 10.8. The Morgan fingerprint density at radius 2 is 2.35 bits per heavy atom. The van der Waals surface area contributed by atoms with Crippen LogP contribution in [0.1, 0.15) is 5.56 Å². The lowest BCUT2D eigenvalue weighted by molar-refractivity contribution is -0.134. The fourth-order valence-electron chi connectivity index (χ4n) is 1.79. The summed E-state index contributed by atoms with van der Waals surface area (Å²) in [5.74, 6) is -0.564. The van der Waals surface area contributed by atoms with Gasteiger partial charge in [-0.2, -0.15) is 0 Å². The van der Waals surface area contributed by atoms with Crippen LogP contribution in [0.4, 0.5) is 0 Å². The quantitative estimate of drug-likeness (QED) is 0.627. The molecule has 2 N–H and O–H groups in total. The maximum atomic E-state index is 11.8. The van der Waals surface area contributed by atoms with E-state index in [1.54, 1.807) is 18.5 Å². The van der Waals surface area contributed by atoms with Gasteiger partial charge >= 0.3 is 5.97 Å². The predicted molar refractivity (Wildman–Crippen MR) is 74.0 cm³/mol.